The zero-order valence-electron chi connectivity index (χ0n) is 20.1. The number of ether oxygens (including phenoxy) is 1. The van der Waals surface area contributed by atoms with E-state index < -0.39 is 0 Å². The van der Waals surface area contributed by atoms with Crippen molar-refractivity contribution in [2.45, 2.75) is 39.7 Å². The molecule has 0 aliphatic rings. The van der Waals surface area contributed by atoms with E-state index in [-0.39, 0.29) is 36.4 Å². The Labute approximate surface area is 208 Å². The minimum absolute atomic E-state index is 0. The standard InChI is InChI=1S/C23H36N6O2.HI/c1-7-20-19(21(8-2)29(5)27-20)15-25-23(26-16-22(30)28(3)4)24-14-13-17-9-11-18(31-6)12-10-17;/h9-12H,7-8,13-16H2,1-6H3,(H2,24,25,26);1H. The lowest BCUT2D eigenvalue weighted by Gasteiger charge is -2.15. The maximum absolute atomic E-state index is 12.0. The topological polar surface area (TPSA) is 83.8 Å². The molecule has 0 atom stereocenters. The van der Waals surface area contributed by atoms with Gasteiger partial charge in [-0.05, 0) is 37.0 Å². The average Bonchev–Trinajstić information content (AvgIpc) is 3.09. The molecule has 2 N–H and O–H groups in total. The molecule has 0 aliphatic carbocycles. The third kappa shape index (κ3) is 7.99. The van der Waals surface area contributed by atoms with Crippen molar-refractivity contribution in [2.75, 3.05) is 34.3 Å². The molecule has 0 aliphatic heterocycles. The van der Waals surface area contributed by atoms with Gasteiger partial charge in [-0.1, -0.05) is 26.0 Å². The Balaban J connectivity index is 0.00000512. The van der Waals surface area contributed by atoms with E-state index in [0.29, 0.717) is 19.0 Å². The molecule has 32 heavy (non-hydrogen) atoms. The Hall–Kier alpha value is -2.30. The van der Waals surface area contributed by atoms with Crippen LogP contribution < -0.4 is 15.4 Å². The van der Waals surface area contributed by atoms with Gasteiger partial charge in [-0.25, -0.2) is 4.99 Å². The fraction of sp³-hybridized carbons (Fsp3) is 0.522. The van der Waals surface area contributed by atoms with Crippen LogP contribution in [0.4, 0.5) is 0 Å². The summed E-state index contributed by atoms with van der Waals surface area (Å²) in [5.41, 5.74) is 4.64. The molecular weight excluding hydrogens is 519 g/mol. The summed E-state index contributed by atoms with van der Waals surface area (Å²) < 4.78 is 7.16. The average molecular weight is 556 g/mol. The molecule has 0 radical (unpaired) electrons. The van der Waals surface area contributed by atoms with Gasteiger partial charge >= 0.3 is 0 Å². The number of methoxy groups -OCH3 is 1. The summed E-state index contributed by atoms with van der Waals surface area (Å²) in [6, 6.07) is 8.02. The van der Waals surface area contributed by atoms with Crippen LogP contribution in [0.5, 0.6) is 5.75 Å². The van der Waals surface area contributed by atoms with Crippen molar-refractivity contribution in [1.82, 2.24) is 25.3 Å². The summed E-state index contributed by atoms with van der Waals surface area (Å²) in [6.45, 7) is 5.65. The fourth-order valence-corrected chi connectivity index (χ4v) is 3.34. The van der Waals surface area contributed by atoms with Crippen LogP contribution in [0.25, 0.3) is 0 Å². The van der Waals surface area contributed by atoms with Crippen LogP contribution in [-0.4, -0.2) is 60.8 Å². The van der Waals surface area contributed by atoms with Gasteiger partial charge in [0.25, 0.3) is 0 Å². The highest BCUT2D eigenvalue weighted by molar-refractivity contribution is 14.0. The number of halogens is 1. The molecule has 8 nitrogen and oxygen atoms in total. The van der Waals surface area contributed by atoms with Crippen LogP contribution in [0, 0.1) is 0 Å². The largest absolute Gasteiger partial charge is 0.497 e. The van der Waals surface area contributed by atoms with Crippen LogP contribution in [0.2, 0.25) is 0 Å². The minimum Gasteiger partial charge on any atom is -0.497 e. The summed E-state index contributed by atoms with van der Waals surface area (Å²) in [7, 11) is 7.13. The van der Waals surface area contributed by atoms with E-state index in [1.165, 1.54) is 16.8 Å². The van der Waals surface area contributed by atoms with Gasteiger partial charge in [-0.2, -0.15) is 5.10 Å². The van der Waals surface area contributed by atoms with Crippen molar-refractivity contribution in [3.63, 3.8) is 0 Å². The number of nitrogens with one attached hydrogen (secondary N) is 2. The van der Waals surface area contributed by atoms with E-state index in [4.69, 9.17) is 9.73 Å². The van der Waals surface area contributed by atoms with Crippen molar-refractivity contribution in [3.05, 3.63) is 46.8 Å². The van der Waals surface area contributed by atoms with Crippen LogP contribution in [0.15, 0.2) is 29.3 Å². The number of carbonyl (C=O) groups is 1. The lowest BCUT2D eigenvalue weighted by atomic mass is 10.1. The lowest BCUT2D eigenvalue weighted by molar-refractivity contribution is -0.127. The van der Waals surface area contributed by atoms with Crippen LogP contribution in [0.1, 0.15) is 36.4 Å². The maximum atomic E-state index is 12.0. The number of amides is 1. The number of hydrogen-bond donors (Lipinski definition) is 2. The monoisotopic (exact) mass is 556 g/mol. The van der Waals surface area contributed by atoms with Crippen LogP contribution in [-0.2, 0) is 37.6 Å². The molecule has 0 fully saturated rings. The summed E-state index contributed by atoms with van der Waals surface area (Å²) in [5, 5.41) is 11.1. The number of aryl methyl sites for hydroxylation is 2. The SMILES string of the molecule is CCc1nn(C)c(CC)c1CN=C(NCCc1ccc(OC)cc1)NCC(=O)N(C)C.I. The Morgan fingerprint density at radius 3 is 2.41 bits per heavy atom. The first kappa shape index (κ1) is 27.7. The third-order valence-corrected chi connectivity index (χ3v) is 5.19. The van der Waals surface area contributed by atoms with Crippen molar-refractivity contribution >= 4 is 35.8 Å². The van der Waals surface area contributed by atoms with Gasteiger partial charge in [-0.15, -0.1) is 24.0 Å². The Morgan fingerprint density at radius 1 is 1.16 bits per heavy atom. The van der Waals surface area contributed by atoms with Crippen molar-refractivity contribution in [3.8, 4) is 5.75 Å². The van der Waals surface area contributed by atoms with Crippen LogP contribution >= 0.6 is 24.0 Å². The smallest absolute Gasteiger partial charge is 0.241 e. The normalized spacial score (nSPS) is 11.0. The number of aliphatic imine (C=N–C) groups is 1. The number of likely N-dealkylation sites (N-methyl/N-ethyl adjacent to an activating group) is 1. The Bertz CT molecular complexity index is 877. The highest BCUT2D eigenvalue weighted by atomic mass is 127. The molecule has 0 bridgehead atoms. The van der Waals surface area contributed by atoms with Gasteiger partial charge in [0.15, 0.2) is 5.96 Å². The molecular formula is C23H37IN6O2. The van der Waals surface area contributed by atoms with Gasteiger partial charge < -0.3 is 20.3 Å². The molecule has 9 heteroatoms. The number of guanidine groups is 1. The van der Waals surface area contributed by atoms with E-state index in [1.807, 2.05) is 23.9 Å². The van der Waals surface area contributed by atoms with Gasteiger partial charge in [0.05, 0.1) is 25.9 Å². The van der Waals surface area contributed by atoms with Crippen LogP contribution in [0.3, 0.4) is 0 Å². The molecule has 0 unspecified atom stereocenters. The number of benzene rings is 1. The highest BCUT2D eigenvalue weighted by Crippen LogP contribution is 2.16. The molecule has 0 saturated carbocycles. The van der Waals surface area contributed by atoms with Gasteiger partial charge in [0, 0.05) is 38.9 Å². The van der Waals surface area contributed by atoms with Crippen molar-refractivity contribution in [2.24, 2.45) is 12.0 Å². The van der Waals surface area contributed by atoms with E-state index in [2.05, 4.69) is 41.7 Å². The lowest BCUT2D eigenvalue weighted by Crippen LogP contribution is -2.43. The minimum atomic E-state index is -0.00507. The van der Waals surface area contributed by atoms with E-state index >= 15 is 0 Å². The van der Waals surface area contributed by atoms with E-state index in [0.717, 1.165) is 30.7 Å². The molecule has 2 rings (SSSR count). The predicted molar refractivity (Wildman–Crippen MR) is 140 cm³/mol. The molecule has 1 aromatic heterocycles. The quantitative estimate of drug-likeness (QED) is 0.267. The van der Waals surface area contributed by atoms with E-state index in [9.17, 15) is 4.79 Å². The summed E-state index contributed by atoms with van der Waals surface area (Å²) in [4.78, 5) is 18.4. The molecule has 0 spiro atoms. The number of nitrogens with zero attached hydrogens (tertiary/aromatic N) is 4. The van der Waals surface area contributed by atoms with Crippen molar-refractivity contribution in [1.29, 1.82) is 0 Å². The first-order chi connectivity index (χ1) is 14.9. The molecule has 1 heterocycles. The molecule has 2 aromatic rings. The number of hydrogen-bond acceptors (Lipinski definition) is 4. The summed E-state index contributed by atoms with van der Waals surface area (Å²) in [6.07, 6.45) is 2.60. The molecule has 1 amide bonds. The zero-order chi connectivity index (χ0) is 22.8. The highest BCUT2D eigenvalue weighted by Gasteiger charge is 2.14. The summed E-state index contributed by atoms with van der Waals surface area (Å²) >= 11 is 0. The third-order valence-electron chi connectivity index (χ3n) is 5.19. The van der Waals surface area contributed by atoms with E-state index in [1.54, 1.807) is 26.1 Å². The zero-order valence-corrected chi connectivity index (χ0v) is 22.4. The predicted octanol–water partition coefficient (Wildman–Crippen LogP) is 2.54. The number of rotatable bonds is 10. The number of aromatic nitrogens is 2. The Morgan fingerprint density at radius 2 is 1.84 bits per heavy atom. The summed E-state index contributed by atoms with van der Waals surface area (Å²) in [5.74, 6) is 1.46. The maximum Gasteiger partial charge on any atom is 0.241 e. The first-order valence-electron chi connectivity index (χ1n) is 10.8. The second-order valence-electron chi connectivity index (χ2n) is 7.53. The fourth-order valence-electron chi connectivity index (χ4n) is 3.34. The van der Waals surface area contributed by atoms with Crippen molar-refractivity contribution < 1.29 is 9.53 Å². The van der Waals surface area contributed by atoms with Gasteiger partial charge in [0.1, 0.15) is 5.75 Å². The molecule has 178 valence electrons. The second kappa shape index (κ2) is 14.0. The van der Waals surface area contributed by atoms with Gasteiger partial charge in [0.2, 0.25) is 5.91 Å². The Kier molecular flexibility index (Phi) is 12.1. The van der Waals surface area contributed by atoms with Gasteiger partial charge in [-0.3, -0.25) is 9.48 Å². The second-order valence-corrected chi connectivity index (χ2v) is 7.53. The molecule has 1 aromatic carbocycles. The first-order valence-corrected chi connectivity index (χ1v) is 10.8. The molecule has 0 saturated heterocycles. The number of carbonyl (C=O) groups excluding carboxylic acids is 1.